The Hall–Kier alpha value is -1.29. The van der Waals surface area contributed by atoms with Gasteiger partial charge in [-0.1, -0.05) is 34.8 Å². The number of pyridine rings is 1. The highest BCUT2D eigenvalue weighted by atomic mass is 35.5. The molecule has 1 aromatic heterocycles. The molecule has 0 saturated carbocycles. The van der Waals surface area contributed by atoms with Crippen LogP contribution in [0.3, 0.4) is 0 Å². The third-order valence-electron chi connectivity index (χ3n) is 2.17. The van der Waals surface area contributed by atoms with Crippen molar-refractivity contribution in [2.75, 3.05) is 5.32 Å². The molecule has 6 heteroatoms. The molecule has 0 unspecified atom stereocenters. The summed E-state index contributed by atoms with van der Waals surface area (Å²) in [5.41, 5.74) is 0.802. The molecule has 1 heterocycles. The Kier molecular flexibility index (Phi) is 4.07. The maximum Gasteiger partial charge on any atom is 0.258 e. The fourth-order valence-electron chi connectivity index (χ4n) is 1.39. The van der Waals surface area contributed by atoms with Crippen molar-refractivity contribution in [2.45, 2.75) is 0 Å². The first-order chi connectivity index (χ1) is 8.58. The third kappa shape index (κ3) is 2.93. The smallest absolute Gasteiger partial charge is 0.258 e. The van der Waals surface area contributed by atoms with E-state index in [2.05, 4.69) is 10.3 Å². The minimum Gasteiger partial charge on any atom is -0.322 e. The number of amides is 1. The Morgan fingerprint density at radius 2 is 1.61 bits per heavy atom. The minimum atomic E-state index is -0.395. The molecule has 0 atom stereocenters. The monoisotopic (exact) mass is 300 g/mol. The first-order valence-corrected chi connectivity index (χ1v) is 6.07. The Balaban J connectivity index is 2.30. The molecular formula is C12H7Cl3N2O. The topological polar surface area (TPSA) is 42.0 Å². The van der Waals surface area contributed by atoms with Crippen LogP contribution in [0, 0.1) is 0 Å². The van der Waals surface area contributed by atoms with Crippen molar-refractivity contribution < 1.29 is 4.79 Å². The van der Waals surface area contributed by atoms with Gasteiger partial charge >= 0.3 is 0 Å². The van der Waals surface area contributed by atoms with E-state index in [-0.39, 0.29) is 15.6 Å². The van der Waals surface area contributed by atoms with Crippen LogP contribution in [0.15, 0.2) is 36.7 Å². The van der Waals surface area contributed by atoms with Crippen LogP contribution in [0.25, 0.3) is 0 Å². The lowest BCUT2D eigenvalue weighted by Crippen LogP contribution is -2.13. The van der Waals surface area contributed by atoms with Gasteiger partial charge in [-0.25, -0.2) is 0 Å². The first kappa shape index (κ1) is 13.1. The molecule has 0 bridgehead atoms. The van der Waals surface area contributed by atoms with Crippen molar-refractivity contribution in [3.63, 3.8) is 0 Å². The van der Waals surface area contributed by atoms with Gasteiger partial charge in [-0.2, -0.15) is 0 Å². The van der Waals surface area contributed by atoms with Gasteiger partial charge in [-0.3, -0.25) is 9.78 Å². The fourth-order valence-corrected chi connectivity index (χ4v) is 2.38. The summed E-state index contributed by atoms with van der Waals surface area (Å²) >= 11 is 17.7. The molecule has 0 radical (unpaired) electrons. The van der Waals surface area contributed by atoms with Crippen LogP contribution in [-0.4, -0.2) is 10.9 Å². The Bertz CT molecular complexity index is 564. The van der Waals surface area contributed by atoms with E-state index in [1.165, 1.54) is 12.1 Å². The van der Waals surface area contributed by atoms with Crippen molar-refractivity contribution in [1.29, 1.82) is 0 Å². The van der Waals surface area contributed by atoms with E-state index in [0.29, 0.717) is 10.7 Å². The predicted molar refractivity (Wildman–Crippen MR) is 73.7 cm³/mol. The number of nitrogens with zero attached hydrogens (tertiary/aromatic N) is 1. The van der Waals surface area contributed by atoms with Crippen molar-refractivity contribution in [1.82, 2.24) is 4.98 Å². The third-order valence-corrected chi connectivity index (χ3v) is 2.99. The number of carbonyl (C=O) groups is 1. The molecule has 0 aliphatic rings. The van der Waals surface area contributed by atoms with E-state index in [1.807, 2.05) is 0 Å². The second-order valence-corrected chi connectivity index (χ2v) is 4.69. The van der Waals surface area contributed by atoms with Crippen LogP contribution in [0.2, 0.25) is 15.1 Å². The Morgan fingerprint density at radius 3 is 2.17 bits per heavy atom. The quantitative estimate of drug-likeness (QED) is 0.899. The van der Waals surface area contributed by atoms with Crippen molar-refractivity contribution >= 4 is 46.4 Å². The molecule has 3 nitrogen and oxygen atoms in total. The van der Waals surface area contributed by atoms with Crippen LogP contribution in [-0.2, 0) is 0 Å². The molecule has 18 heavy (non-hydrogen) atoms. The summed E-state index contributed by atoms with van der Waals surface area (Å²) in [5.74, 6) is -0.395. The van der Waals surface area contributed by atoms with Gasteiger partial charge in [0.1, 0.15) is 0 Å². The summed E-state index contributed by atoms with van der Waals surface area (Å²) in [4.78, 5) is 15.9. The van der Waals surface area contributed by atoms with Crippen LogP contribution >= 0.6 is 34.8 Å². The zero-order valence-corrected chi connectivity index (χ0v) is 11.2. The molecule has 0 fully saturated rings. The SMILES string of the molecule is O=C(Nc1ccncc1)c1c(Cl)cc(Cl)cc1Cl. The Morgan fingerprint density at radius 1 is 1.06 bits per heavy atom. The number of benzene rings is 1. The van der Waals surface area contributed by atoms with Gasteiger partial charge in [0.15, 0.2) is 0 Å². The highest BCUT2D eigenvalue weighted by Crippen LogP contribution is 2.29. The molecule has 1 aromatic carbocycles. The average Bonchev–Trinajstić information content (AvgIpc) is 2.28. The van der Waals surface area contributed by atoms with Gasteiger partial charge in [0.25, 0.3) is 5.91 Å². The number of halogens is 3. The molecule has 1 N–H and O–H groups in total. The molecular weight excluding hydrogens is 295 g/mol. The summed E-state index contributed by atoms with van der Waals surface area (Å²) in [7, 11) is 0. The highest BCUT2D eigenvalue weighted by molar-refractivity contribution is 6.42. The van der Waals surface area contributed by atoms with Crippen molar-refractivity contribution in [3.05, 3.63) is 57.3 Å². The summed E-state index contributed by atoms with van der Waals surface area (Å²) in [6.45, 7) is 0. The molecule has 0 saturated heterocycles. The van der Waals surface area contributed by atoms with E-state index in [9.17, 15) is 4.79 Å². The first-order valence-electron chi connectivity index (χ1n) is 4.94. The lowest BCUT2D eigenvalue weighted by atomic mass is 10.2. The zero-order valence-electron chi connectivity index (χ0n) is 8.95. The maximum absolute atomic E-state index is 12.0. The standard InChI is InChI=1S/C12H7Cl3N2O/c13-7-5-9(14)11(10(15)6-7)12(18)17-8-1-3-16-4-2-8/h1-6H,(H,16,17,18). The molecule has 2 rings (SSSR count). The molecule has 0 spiro atoms. The average molecular weight is 302 g/mol. The summed E-state index contributed by atoms with van der Waals surface area (Å²) in [5, 5.41) is 3.46. The number of hydrogen-bond donors (Lipinski definition) is 1. The number of hydrogen-bond acceptors (Lipinski definition) is 2. The predicted octanol–water partition coefficient (Wildman–Crippen LogP) is 4.29. The lowest BCUT2D eigenvalue weighted by Gasteiger charge is -2.08. The van der Waals surface area contributed by atoms with Gasteiger partial charge in [0, 0.05) is 23.1 Å². The van der Waals surface area contributed by atoms with Crippen LogP contribution < -0.4 is 5.32 Å². The molecule has 1 amide bonds. The fraction of sp³-hybridized carbons (Fsp3) is 0. The summed E-state index contributed by atoms with van der Waals surface area (Å²) < 4.78 is 0. The normalized spacial score (nSPS) is 10.2. The zero-order chi connectivity index (χ0) is 13.1. The van der Waals surface area contributed by atoms with Crippen LogP contribution in [0.4, 0.5) is 5.69 Å². The molecule has 92 valence electrons. The van der Waals surface area contributed by atoms with Gasteiger partial charge in [-0.05, 0) is 24.3 Å². The second-order valence-electron chi connectivity index (χ2n) is 3.43. The van der Waals surface area contributed by atoms with Crippen molar-refractivity contribution in [2.24, 2.45) is 0 Å². The van der Waals surface area contributed by atoms with E-state index in [1.54, 1.807) is 24.5 Å². The summed E-state index contributed by atoms with van der Waals surface area (Å²) in [6.07, 6.45) is 3.14. The molecule has 0 aliphatic carbocycles. The maximum atomic E-state index is 12.0. The second kappa shape index (κ2) is 5.57. The van der Waals surface area contributed by atoms with E-state index in [0.717, 1.165) is 0 Å². The number of carbonyl (C=O) groups excluding carboxylic acids is 1. The minimum absolute atomic E-state index is 0.194. The van der Waals surface area contributed by atoms with Gasteiger partial charge in [0.05, 0.1) is 15.6 Å². The van der Waals surface area contributed by atoms with Crippen LogP contribution in [0.1, 0.15) is 10.4 Å². The molecule has 2 aromatic rings. The van der Waals surface area contributed by atoms with Crippen molar-refractivity contribution in [3.8, 4) is 0 Å². The van der Waals surface area contributed by atoms with Gasteiger partial charge in [-0.15, -0.1) is 0 Å². The number of aromatic nitrogens is 1. The van der Waals surface area contributed by atoms with E-state index < -0.39 is 5.91 Å². The largest absolute Gasteiger partial charge is 0.322 e. The van der Waals surface area contributed by atoms with E-state index >= 15 is 0 Å². The lowest BCUT2D eigenvalue weighted by molar-refractivity contribution is 0.102. The molecule has 0 aliphatic heterocycles. The Labute approximate surface area is 119 Å². The number of anilines is 1. The summed E-state index contributed by atoms with van der Waals surface area (Å²) in [6, 6.07) is 6.26. The highest BCUT2D eigenvalue weighted by Gasteiger charge is 2.15. The van der Waals surface area contributed by atoms with Crippen LogP contribution in [0.5, 0.6) is 0 Å². The van der Waals surface area contributed by atoms with Gasteiger partial charge < -0.3 is 5.32 Å². The number of rotatable bonds is 2. The number of nitrogens with one attached hydrogen (secondary N) is 1. The van der Waals surface area contributed by atoms with Gasteiger partial charge in [0.2, 0.25) is 0 Å². The van der Waals surface area contributed by atoms with E-state index in [4.69, 9.17) is 34.8 Å².